The number of thioether (sulfide) groups is 1. The Labute approximate surface area is 216 Å². The summed E-state index contributed by atoms with van der Waals surface area (Å²) in [6.07, 6.45) is 7.05. The van der Waals surface area contributed by atoms with Gasteiger partial charge in [-0.3, -0.25) is 0 Å². The summed E-state index contributed by atoms with van der Waals surface area (Å²) in [5.74, 6) is 0.768. The molecule has 0 radical (unpaired) electrons. The van der Waals surface area contributed by atoms with Gasteiger partial charge in [0.25, 0.3) is 0 Å². The van der Waals surface area contributed by atoms with Gasteiger partial charge in [0.05, 0.1) is 32.1 Å². The van der Waals surface area contributed by atoms with Crippen LogP contribution in [0.25, 0.3) is 22.3 Å². The molecule has 6 rings (SSSR count). The Bertz CT molecular complexity index is 1690. The second-order valence-electron chi connectivity index (χ2n) is 8.33. The Morgan fingerprint density at radius 3 is 1.89 bits per heavy atom. The van der Waals surface area contributed by atoms with E-state index in [4.69, 9.17) is 12.2 Å². The third kappa shape index (κ3) is 4.52. The molecule has 36 heavy (non-hydrogen) atoms. The molecule has 0 fully saturated rings. The fourth-order valence-electron chi connectivity index (χ4n) is 4.13. The Hall–Kier alpha value is -3.89. The maximum absolute atomic E-state index is 5.74. The van der Waals surface area contributed by atoms with Gasteiger partial charge in [-0.05, 0) is 11.1 Å². The zero-order chi connectivity index (χ0) is 24.3. The molecule has 0 aliphatic carbocycles. The van der Waals surface area contributed by atoms with Crippen molar-refractivity contribution >= 4 is 46.3 Å². The molecule has 2 aromatic carbocycles. The molecule has 0 amide bonds. The molecule has 0 saturated heterocycles. The minimum atomic E-state index is 0.687. The van der Waals surface area contributed by atoms with Crippen molar-refractivity contribution in [2.45, 2.75) is 24.7 Å². The smallest absolute Gasteiger partial charge is 0.164 e. The highest BCUT2D eigenvalue weighted by Crippen LogP contribution is 2.24. The Kier molecular flexibility index (Phi) is 6.27. The van der Waals surface area contributed by atoms with Crippen molar-refractivity contribution in [3.8, 4) is 0 Å². The fourth-order valence-corrected chi connectivity index (χ4v) is 5.30. The molecule has 0 atom stereocenters. The van der Waals surface area contributed by atoms with Crippen LogP contribution in [0.4, 0.5) is 0 Å². The van der Waals surface area contributed by atoms with Crippen molar-refractivity contribution < 1.29 is 0 Å². The van der Waals surface area contributed by atoms with E-state index in [2.05, 4.69) is 53.8 Å². The number of nitrogens with zero attached hydrogens (tertiary/aromatic N) is 8. The van der Waals surface area contributed by atoms with Crippen LogP contribution < -0.4 is 0 Å². The summed E-state index contributed by atoms with van der Waals surface area (Å²) in [7, 11) is 0. The first kappa shape index (κ1) is 22.6. The maximum Gasteiger partial charge on any atom is 0.164 e. The lowest BCUT2D eigenvalue weighted by atomic mass is 10.2. The lowest BCUT2D eigenvalue weighted by Gasteiger charge is -2.08. The topological polar surface area (TPSA) is 79.2 Å². The van der Waals surface area contributed by atoms with Crippen LogP contribution in [0.2, 0.25) is 0 Å². The van der Waals surface area contributed by atoms with Crippen molar-refractivity contribution in [1.82, 2.24) is 38.6 Å². The average Bonchev–Trinajstić information content (AvgIpc) is 3.52. The molecule has 8 nitrogen and oxygen atoms in total. The molecule has 0 bridgehead atoms. The second-order valence-corrected chi connectivity index (χ2v) is 9.80. The molecule has 0 aliphatic heterocycles. The lowest BCUT2D eigenvalue weighted by molar-refractivity contribution is 0.734. The van der Waals surface area contributed by atoms with E-state index in [-0.39, 0.29) is 0 Å². The van der Waals surface area contributed by atoms with Crippen molar-refractivity contribution in [3.63, 3.8) is 0 Å². The quantitative estimate of drug-likeness (QED) is 0.162. The Balaban J connectivity index is 1.17. The zero-order valence-electron chi connectivity index (χ0n) is 19.3. The number of rotatable bonds is 8. The highest BCUT2D eigenvalue weighted by atomic mass is 32.2. The number of hydrogen-bond donors (Lipinski definition) is 0. The number of benzene rings is 2. The average molecular weight is 511 g/mol. The van der Waals surface area contributed by atoms with Gasteiger partial charge in [-0.1, -0.05) is 72.9 Å². The van der Waals surface area contributed by atoms with Gasteiger partial charge in [-0.15, -0.1) is 11.8 Å². The van der Waals surface area contributed by atoms with E-state index >= 15 is 0 Å². The summed E-state index contributed by atoms with van der Waals surface area (Å²) in [5, 5.41) is 0.861. The maximum atomic E-state index is 5.74. The number of aryl methyl sites for hydroxylation is 1. The van der Waals surface area contributed by atoms with Crippen LogP contribution in [-0.2, 0) is 19.6 Å². The summed E-state index contributed by atoms with van der Waals surface area (Å²) in [4.78, 5) is 22.8. The zero-order valence-corrected chi connectivity index (χ0v) is 20.9. The van der Waals surface area contributed by atoms with Crippen LogP contribution >= 0.6 is 24.0 Å². The van der Waals surface area contributed by atoms with Gasteiger partial charge in [0, 0.05) is 12.3 Å². The molecule has 6 aromatic rings. The van der Waals surface area contributed by atoms with Crippen LogP contribution in [0.3, 0.4) is 0 Å². The number of fused-ring (bicyclic) bond motifs is 2. The molecule has 4 heterocycles. The van der Waals surface area contributed by atoms with E-state index in [9.17, 15) is 0 Å². The monoisotopic (exact) mass is 510 g/mol. The largest absolute Gasteiger partial charge is 0.321 e. The highest BCUT2D eigenvalue weighted by molar-refractivity contribution is 7.99. The minimum absolute atomic E-state index is 0.687. The second kappa shape index (κ2) is 10.00. The molecular formula is C26H22N8S2. The first-order chi connectivity index (χ1) is 17.8. The molecule has 0 unspecified atom stereocenters. The molecule has 0 spiro atoms. The van der Waals surface area contributed by atoms with Gasteiger partial charge in [0.1, 0.15) is 27.0 Å². The minimum Gasteiger partial charge on any atom is -0.321 e. The predicted molar refractivity (Wildman–Crippen MR) is 143 cm³/mol. The summed E-state index contributed by atoms with van der Waals surface area (Å²) >= 11 is 7.38. The first-order valence-electron chi connectivity index (χ1n) is 11.5. The fraction of sp³-hybridized carbons (Fsp3) is 0.154. The van der Waals surface area contributed by atoms with Gasteiger partial charge in [0.2, 0.25) is 0 Å². The number of imidazole rings is 2. The van der Waals surface area contributed by atoms with Crippen molar-refractivity contribution in [2.75, 3.05) is 5.75 Å². The van der Waals surface area contributed by atoms with Crippen LogP contribution in [0.15, 0.2) is 91.0 Å². The number of hydrogen-bond acceptors (Lipinski definition) is 7. The van der Waals surface area contributed by atoms with Gasteiger partial charge < -0.3 is 13.7 Å². The Morgan fingerprint density at radius 2 is 1.22 bits per heavy atom. The van der Waals surface area contributed by atoms with Crippen LogP contribution in [-0.4, -0.2) is 44.4 Å². The summed E-state index contributed by atoms with van der Waals surface area (Å²) < 4.78 is 6.74. The SMILES string of the molecule is S=c1c2ncn(Cc3ccccc3)c2ncn1CCSc1ncnc2c1ncn2Cc1ccccc1. The molecular weight excluding hydrogens is 488 g/mol. The van der Waals surface area contributed by atoms with Crippen LogP contribution in [0.1, 0.15) is 11.1 Å². The van der Waals surface area contributed by atoms with Gasteiger partial charge in [-0.2, -0.15) is 0 Å². The molecule has 0 N–H and O–H groups in total. The van der Waals surface area contributed by atoms with Crippen molar-refractivity contribution in [2.24, 2.45) is 0 Å². The molecule has 4 aromatic heterocycles. The molecule has 10 heteroatoms. The third-order valence-electron chi connectivity index (χ3n) is 5.92. The Morgan fingerprint density at radius 1 is 0.639 bits per heavy atom. The van der Waals surface area contributed by atoms with E-state index in [1.165, 1.54) is 11.1 Å². The van der Waals surface area contributed by atoms with Crippen LogP contribution in [0, 0.1) is 4.64 Å². The molecule has 0 saturated carbocycles. The van der Waals surface area contributed by atoms with Gasteiger partial charge in [0.15, 0.2) is 11.3 Å². The van der Waals surface area contributed by atoms with E-state index < -0.39 is 0 Å². The van der Waals surface area contributed by atoms with Crippen molar-refractivity contribution in [1.29, 1.82) is 0 Å². The lowest BCUT2D eigenvalue weighted by Crippen LogP contribution is -2.06. The van der Waals surface area contributed by atoms with E-state index in [0.29, 0.717) is 17.7 Å². The van der Waals surface area contributed by atoms with Gasteiger partial charge >= 0.3 is 0 Å². The van der Waals surface area contributed by atoms with Crippen LogP contribution in [0.5, 0.6) is 0 Å². The summed E-state index contributed by atoms with van der Waals surface area (Å²) in [6.45, 7) is 2.12. The van der Waals surface area contributed by atoms with E-state index in [1.54, 1.807) is 24.4 Å². The van der Waals surface area contributed by atoms with Crippen molar-refractivity contribution in [3.05, 3.63) is 102 Å². The predicted octanol–water partition coefficient (Wildman–Crippen LogP) is 4.99. The third-order valence-corrected chi connectivity index (χ3v) is 7.31. The van der Waals surface area contributed by atoms with E-state index in [1.807, 2.05) is 58.2 Å². The normalized spacial score (nSPS) is 11.4. The van der Waals surface area contributed by atoms with Gasteiger partial charge in [-0.25, -0.2) is 24.9 Å². The first-order valence-corrected chi connectivity index (χ1v) is 12.9. The number of aromatic nitrogens is 8. The van der Waals surface area contributed by atoms with E-state index in [0.717, 1.165) is 39.7 Å². The molecule has 0 aliphatic rings. The highest BCUT2D eigenvalue weighted by Gasteiger charge is 2.12. The standard InChI is InChI=1S/C26H22N8S2/c35-26-22-24(34(17-30-22)14-20-9-5-2-6-10-20)31-18-32(26)11-12-36-25-21-23(27-15-28-25)33(16-29-21)13-19-7-3-1-4-8-19/h1-10,15-18H,11-14H2. The summed E-state index contributed by atoms with van der Waals surface area (Å²) in [6, 6.07) is 20.6. The summed E-state index contributed by atoms with van der Waals surface area (Å²) in [5.41, 5.74) is 5.59. The molecule has 178 valence electrons.